The summed E-state index contributed by atoms with van der Waals surface area (Å²) in [7, 11) is -4.07. The summed E-state index contributed by atoms with van der Waals surface area (Å²) in [6, 6.07) is 0. The maximum absolute atomic E-state index is 11.5. The summed E-state index contributed by atoms with van der Waals surface area (Å²) in [5.41, 5.74) is 0. The summed E-state index contributed by atoms with van der Waals surface area (Å²) in [5.74, 6) is -0.292. The molecule has 0 amide bonds. The second-order valence-electron chi connectivity index (χ2n) is 4.61. The standard InChI is InChI=1S/C12H24O5S2/c1-4-5-6-7-8-9-10-11(2)12(3)19(15,16)17-18(13)14/h9-12H,4-8H2,1-3H3,(H,13,14)/p-1. The van der Waals surface area contributed by atoms with Gasteiger partial charge in [-0.1, -0.05) is 45.3 Å². The second kappa shape index (κ2) is 9.63. The minimum Gasteiger partial charge on any atom is -0.749 e. The van der Waals surface area contributed by atoms with Crippen LogP contribution in [0.4, 0.5) is 0 Å². The quantitative estimate of drug-likeness (QED) is 0.352. The molecule has 5 nitrogen and oxygen atoms in total. The zero-order valence-corrected chi connectivity index (χ0v) is 13.3. The molecule has 19 heavy (non-hydrogen) atoms. The Kier molecular flexibility index (Phi) is 9.51. The molecule has 3 unspecified atom stereocenters. The number of rotatable bonds is 10. The van der Waals surface area contributed by atoms with Crippen molar-refractivity contribution in [2.24, 2.45) is 5.92 Å². The molecule has 0 aliphatic carbocycles. The Labute approximate surface area is 119 Å². The predicted molar refractivity (Wildman–Crippen MR) is 75.4 cm³/mol. The van der Waals surface area contributed by atoms with E-state index in [1.807, 2.05) is 6.08 Å². The molecule has 0 spiro atoms. The van der Waals surface area contributed by atoms with Gasteiger partial charge in [0.1, 0.15) is 11.4 Å². The van der Waals surface area contributed by atoms with Gasteiger partial charge >= 0.3 is 0 Å². The zero-order valence-electron chi connectivity index (χ0n) is 11.7. The van der Waals surface area contributed by atoms with Crippen molar-refractivity contribution in [1.29, 1.82) is 0 Å². The average molecular weight is 311 g/mol. The van der Waals surface area contributed by atoms with E-state index in [0.29, 0.717) is 0 Å². The Bertz CT molecular complexity index is 389. The molecule has 0 aromatic carbocycles. The van der Waals surface area contributed by atoms with E-state index in [4.69, 9.17) is 0 Å². The normalized spacial score (nSPS) is 17.5. The molecular formula is C12H23O5S2-. The van der Waals surface area contributed by atoms with Crippen LogP contribution < -0.4 is 0 Å². The minimum atomic E-state index is -4.07. The lowest BCUT2D eigenvalue weighted by atomic mass is 10.1. The van der Waals surface area contributed by atoms with Crippen LogP contribution in [0.1, 0.15) is 52.9 Å². The van der Waals surface area contributed by atoms with Gasteiger partial charge in [-0.25, -0.2) is 4.21 Å². The monoisotopic (exact) mass is 311 g/mol. The molecule has 0 saturated heterocycles. The Morgan fingerprint density at radius 1 is 1.26 bits per heavy atom. The highest BCUT2D eigenvalue weighted by Crippen LogP contribution is 2.17. The molecule has 0 radical (unpaired) electrons. The molecule has 7 heteroatoms. The van der Waals surface area contributed by atoms with Gasteiger partial charge in [0.05, 0.1) is 5.25 Å². The molecule has 0 aromatic rings. The van der Waals surface area contributed by atoms with E-state index in [-0.39, 0.29) is 5.92 Å². The highest BCUT2D eigenvalue weighted by atomic mass is 32.3. The topological polar surface area (TPSA) is 83.5 Å². The first-order valence-corrected chi connectivity index (χ1v) is 8.98. The van der Waals surface area contributed by atoms with E-state index in [1.165, 1.54) is 26.2 Å². The Balaban J connectivity index is 4.22. The fraction of sp³-hybridized carbons (Fsp3) is 0.833. The molecule has 0 rings (SSSR count). The number of allylic oxidation sites excluding steroid dienone is 2. The summed E-state index contributed by atoms with van der Waals surface area (Å²) in [5, 5.41) is -0.891. The molecule has 0 heterocycles. The van der Waals surface area contributed by atoms with Crippen molar-refractivity contribution in [2.45, 2.75) is 58.1 Å². The highest BCUT2D eigenvalue weighted by molar-refractivity contribution is 7.95. The van der Waals surface area contributed by atoms with Crippen molar-refractivity contribution < 1.29 is 20.8 Å². The van der Waals surface area contributed by atoms with Gasteiger partial charge < -0.3 is 4.55 Å². The third-order valence-corrected chi connectivity index (χ3v) is 5.55. The third-order valence-electron chi connectivity index (χ3n) is 3.01. The van der Waals surface area contributed by atoms with Crippen LogP contribution in [0.2, 0.25) is 0 Å². The smallest absolute Gasteiger partial charge is 0.282 e. The van der Waals surface area contributed by atoms with Gasteiger partial charge in [-0.15, -0.1) is 0 Å². The maximum Gasteiger partial charge on any atom is 0.282 e. The van der Waals surface area contributed by atoms with Gasteiger partial charge in [0.2, 0.25) is 0 Å². The van der Waals surface area contributed by atoms with Crippen LogP contribution in [0.3, 0.4) is 0 Å². The van der Waals surface area contributed by atoms with Crippen molar-refractivity contribution >= 4 is 21.5 Å². The summed E-state index contributed by atoms with van der Waals surface area (Å²) in [6.07, 6.45) is 9.29. The summed E-state index contributed by atoms with van der Waals surface area (Å²) in [4.78, 5) is 0. The maximum atomic E-state index is 11.5. The molecule has 0 aliphatic rings. The van der Waals surface area contributed by atoms with E-state index >= 15 is 0 Å². The Morgan fingerprint density at radius 2 is 1.89 bits per heavy atom. The largest absolute Gasteiger partial charge is 0.749 e. The number of unbranched alkanes of at least 4 members (excludes halogenated alkanes) is 4. The van der Waals surface area contributed by atoms with Crippen LogP contribution in [-0.4, -0.2) is 22.4 Å². The van der Waals surface area contributed by atoms with Crippen LogP contribution >= 0.6 is 0 Å². The van der Waals surface area contributed by atoms with Crippen LogP contribution in [0, 0.1) is 5.92 Å². The van der Waals surface area contributed by atoms with Gasteiger partial charge in [0.25, 0.3) is 10.1 Å². The number of hydrogen-bond acceptors (Lipinski definition) is 5. The summed E-state index contributed by atoms with van der Waals surface area (Å²) < 4.78 is 47.5. The van der Waals surface area contributed by atoms with Crippen molar-refractivity contribution in [3.8, 4) is 0 Å². The molecule has 0 saturated carbocycles. The molecule has 0 N–H and O–H groups in total. The van der Waals surface area contributed by atoms with Crippen molar-refractivity contribution in [3.05, 3.63) is 12.2 Å². The van der Waals surface area contributed by atoms with Gasteiger partial charge in [0.15, 0.2) is 0 Å². The Morgan fingerprint density at radius 3 is 2.42 bits per heavy atom. The first-order valence-electron chi connectivity index (χ1n) is 6.51. The molecule has 0 fully saturated rings. The molecule has 0 aliphatic heterocycles. The van der Waals surface area contributed by atoms with Gasteiger partial charge in [-0.3, -0.25) is 0 Å². The lowest BCUT2D eigenvalue weighted by Crippen LogP contribution is -2.26. The fourth-order valence-corrected chi connectivity index (χ4v) is 3.29. The molecule has 114 valence electrons. The fourth-order valence-electron chi connectivity index (χ4n) is 1.56. The zero-order chi connectivity index (χ0) is 14.9. The van der Waals surface area contributed by atoms with Crippen LogP contribution in [0.15, 0.2) is 12.2 Å². The second-order valence-corrected chi connectivity index (χ2v) is 7.29. The lowest BCUT2D eigenvalue weighted by molar-refractivity contribution is 0.418. The van der Waals surface area contributed by atoms with Gasteiger partial charge in [-0.2, -0.15) is 12.0 Å². The SMILES string of the molecule is CCCCCCC=CC(C)C(C)S(=O)(=O)OS(=O)[O-]. The molecule has 0 bridgehead atoms. The first-order chi connectivity index (χ1) is 8.81. The minimum absolute atomic E-state index is 0.292. The van der Waals surface area contributed by atoms with Gasteiger partial charge in [-0.05, 0) is 25.7 Å². The first kappa shape index (κ1) is 18.8. The van der Waals surface area contributed by atoms with Crippen LogP contribution in [0.25, 0.3) is 0 Å². The van der Waals surface area contributed by atoms with Gasteiger partial charge in [0, 0.05) is 0 Å². The molecule has 0 aromatic heterocycles. The highest BCUT2D eigenvalue weighted by Gasteiger charge is 2.26. The van der Waals surface area contributed by atoms with Crippen molar-refractivity contribution in [2.75, 3.05) is 0 Å². The van der Waals surface area contributed by atoms with E-state index in [2.05, 4.69) is 10.6 Å². The number of hydrogen-bond donors (Lipinski definition) is 0. The summed E-state index contributed by atoms with van der Waals surface area (Å²) in [6.45, 7) is 5.31. The van der Waals surface area contributed by atoms with Crippen molar-refractivity contribution in [3.63, 3.8) is 0 Å². The van der Waals surface area contributed by atoms with Crippen LogP contribution in [0.5, 0.6) is 0 Å². The van der Waals surface area contributed by atoms with Crippen LogP contribution in [-0.2, 0) is 25.1 Å². The average Bonchev–Trinajstić information content (AvgIpc) is 2.30. The van der Waals surface area contributed by atoms with E-state index in [1.54, 1.807) is 13.0 Å². The van der Waals surface area contributed by atoms with E-state index < -0.39 is 26.7 Å². The lowest BCUT2D eigenvalue weighted by Gasteiger charge is -2.17. The summed E-state index contributed by atoms with van der Waals surface area (Å²) >= 11 is -3.05. The van der Waals surface area contributed by atoms with Crippen molar-refractivity contribution in [1.82, 2.24) is 0 Å². The van der Waals surface area contributed by atoms with E-state index in [9.17, 15) is 17.2 Å². The van der Waals surface area contributed by atoms with E-state index in [0.717, 1.165) is 12.8 Å². The molecule has 3 atom stereocenters. The third kappa shape index (κ3) is 8.52. The molecular weight excluding hydrogens is 288 g/mol. The Hall–Kier alpha value is -0.240. The predicted octanol–water partition coefficient (Wildman–Crippen LogP) is 2.68.